The molecular formula is C12H19N. The van der Waals surface area contributed by atoms with E-state index in [1.807, 2.05) is 0 Å². The van der Waals surface area contributed by atoms with Crippen LogP contribution in [0.4, 0.5) is 0 Å². The molecule has 2 bridgehead atoms. The number of hydrogen-bond donors (Lipinski definition) is 1. The minimum absolute atomic E-state index is 0.878. The molecule has 0 aromatic heterocycles. The fourth-order valence-electron chi connectivity index (χ4n) is 3.89. The van der Waals surface area contributed by atoms with Crippen molar-refractivity contribution in [3.8, 4) is 0 Å². The van der Waals surface area contributed by atoms with Crippen LogP contribution < -0.4 is 5.32 Å². The maximum absolute atomic E-state index is 3.94. The van der Waals surface area contributed by atoms with Gasteiger partial charge >= 0.3 is 0 Å². The van der Waals surface area contributed by atoms with Gasteiger partial charge < -0.3 is 5.32 Å². The summed E-state index contributed by atoms with van der Waals surface area (Å²) in [7, 11) is 0. The first-order valence-electron chi connectivity index (χ1n) is 5.65. The first kappa shape index (κ1) is 8.05. The van der Waals surface area contributed by atoms with Crippen LogP contribution in [0.3, 0.4) is 0 Å². The smallest absolute Gasteiger partial charge is 0.0161 e. The zero-order valence-electron chi connectivity index (χ0n) is 8.42. The molecule has 1 N–H and O–H groups in total. The lowest BCUT2D eigenvalue weighted by atomic mass is 10.0. The van der Waals surface area contributed by atoms with Crippen molar-refractivity contribution in [2.45, 2.75) is 32.2 Å². The standard InChI is InChI=1S/C12H19N/c1-7(2)6-13-12-10-8-3-4-9(5-8)11(10)12/h8-13H,1,3-6H2,2H3. The van der Waals surface area contributed by atoms with Crippen molar-refractivity contribution in [3.05, 3.63) is 12.2 Å². The summed E-state index contributed by atoms with van der Waals surface area (Å²) in [6, 6.07) is 0.878. The summed E-state index contributed by atoms with van der Waals surface area (Å²) >= 11 is 0. The molecule has 4 atom stereocenters. The molecule has 0 aromatic carbocycles. The van der Waals surface area contributed by atoms with Gasteiger partial charge in [0.15, 0.2) is 0 Å². The first-order chi connectivity index (χ1) is 6.27. The second-order valence-electron chi connectivity index (χ2n) is 5.35. The lowest BCUT2D eigenvalue weighted by molar-refractivity contribution is 0.456. The van der Waals surface area contributed by atoms with Crippen molar-refractivity contribution in [1.29, 1.82) is 0 Å². The fraction of sp³-hybridized carbons (Fsp3) is 0.833. The Morgan fingerprint density at radius 3 is 2.46 bits per heavy atom. The average molecular weight is 177 g/mol. The summed E-state index contributed by atoms with van der Waals surface area (Å²) < 4.78 is 0. The lowest BCUT2D eigenvalue weighted by Crippen LogP contribution is -2.24. The van der Waals surface area contributed by atoms with E-state index in [4.69, 9.17) is 0 Å². The Balaban J connectivity index is 1.58. The van der Waals surface area contributed by atoms with E-state index in [1.54, 1.807) is 6.42 Å². The van der Waals surface area contributed by atoms with E-state index < -0.39 is 0 Å². The second-order valence-corrected chi connectivity index (χ2v) is 5.35. The van der Waals surface area contributed by atoms with E-state index in [-0.39, 0.29) is 0 Å². The zero-order valence-corrected chi connectivity index (χ0v) is 8.42. The van der Waals surface area contributed by atoms with Crippen LogP contribution in [0.5, 0.6) is 0 Å². The molecule has 3 aliphatic carbocycles. The SMILES string of the molecule is C=C(C)CNC1C2C3CCC(C3)C12. The van der Waals surface area contributed by atoms with Gasteiger partial charge in [-0.3, -0.25) is 0 Å². The highest BCUT2D eigenvalue weighted by Crippen LogP contribution is 2.65. The highest BCUT2D eigenvalue weighted by Gasteiger charge is 2.64. The molecule has 13 heavy (non-hydrogen) atoms. The van der Waals surface area contributed by atoms with E-state index in [2.05, 4.69) is 18.8 Å². The van der Waals surface area contributed by atoms with Gasteiger partial charge in [-0.05, 0) is 49.9 Å². The maximum Gasteiger partial charge on any atom is 0.0161 e. The van der Waals surface area contributed by atoms with Gasteiger partial charge in [0.25, 0.3) is 0 Å². The Kier molecular flexibility index (Phi) is 1.61. The van der Waals surface area contributed by atoms with Gasteiger partial charge in [0.1, 0.15) is 0 Å². The van der Waals surface area contributed by atoms with E-state index in [1.165, 1.54) is 18.4 Å². The minimum atomic E-state index is 0.878. The summed E-state index contributed by atoms with van der Waals surface area (Å²) in [5.41, 5.74) is 1.28. The van der Waals surface area contributed by atoms with Crippen LogP contribution in [0.15, 0.2) is 12.2 Å². The molecule has 0 aliphatic heterocycles. The zero-order chi connectivity index (χ0) is 9.00. The molecule has 0 heterocycles. The molecule has 1 nitrogen and oxygen atoms in total. The van der Waals surface area contributed by atoms with Crippen molar-refractivity contribution in [2.75, 3.05) is 6.54 Å². The largest absolute Gasteiger partial charge is 0.310 e. The van der Waals surface area contributed by atoms with E-state index >= 15 is 0 Å². The summed E-state index contributed by atoms with van der Waals surface area (Å²) in [6.07, 6.45) is 4.61. The molecule has 3 aliphatic rings. The van der Waals surface area contributed by atoms with Crippen LogP contribution in [0.25, 0.3) is 0 Å². The maximum atomic E-state index is 3.94. The molecule has 0 saturated heterocycles. The predicted molar refractivity (Wildman–Crippen MR) is 54.4 cm³/mol. The van der Waals surface area contributed by atoms with Crippen molar-refractivity contribution in [2.24, 2.45) is 23.7 Å². The molecule has 0 aromatic rings. The Bertz CT molecular complexity index is 230. The Hall–Kier alpha value is -0.300. The summed E-state index contributed by atoms with van der Waals surface area (Å²) in [5, 5.41) is 3.66. The van der Waals surface area contributed by atoms with E-state index in [0.717, 1.165) is 36.3 Å². The molecule has 3 fully saturated rings. The molecule has 1 heteroatoms. The minimum Gasteiger partial charge on any atom is -0.310 e. The Morgan fingerprint density at radius 2 is 1.92 bits per heavy atom. The molecule has 0 radical (unpaired) electrons. The highest BCUT2D eigenvalue weighted by atomic mass is 15.0. The summed E-state index contributed by atoms with van der Waals surface area (Å²) in [6.45, 7) is 7.09. The van der Waals surface area contributed by atoms with Crippen LogP contribution in [-0.4, -0.2) is 12.6 Å². The highest BCUT2D eigenvalue weighted by molar-refractivity contribution is 5.17. The van der Waals surface area contributed by atoms with Gasteiger partial charge in [0, 0.05) is 12.6 Å². The van der Waals surface area contributed by atoms with E-state index in [0.29, 0.717) is 0 Å². The van der Waals surface area contributed by atoms with Crippen molar-refractivity contribution >= 4 is 0 Å². The molecule has 4 unspecified atom stereocenters. The number of hydrogen-bond acceptors (Lipinski definition) is 1. The number of fused-ring (bicyclic) bond motifs is 5. The normalized spacial score (nSPS) is 50.7. The molecule has 3 rings (SSSR count). The van der Waals surface area contributed by atoms with Crippen LogP contribution in [-0.2, 0) is 0 Å². The van der Waals surface area contributed by atoms with Crippen LogP contribution >= 0.6 is 0 Å². The fourth-order valence-corrected chi connectivity index (χ4v) is 3.89. The predicted octanol–water partition coefficient (Wildman–Crippen LogP) is 2.20. The summed E-state index contributed by atoms with van der Waals surface area (Å²) in [5.74, 6) is 4.33. The van der Waals surface area contributed by atoms with Crippen molar-refractivity contribution < 1.29 is 0 Å². The third kappa shape index (κ3) is 1.10. The molecule has 72 valence electrons. The van der Waals surface area contributed by atoms with Gasteiger partial charge in [-0.15, -0.1) is 0 Å². The van der Waals surface area contributed by atoms with E-state index in [9.17, 15) is 0 Å². The molecular weight excluding hydrogens is 158 g/mol. The molecule has 0 amide bonds. The number of nitrogens with one attached hydrogen (secondary N) is 1. The molecule has 3 saturated carbocycles. The van der Waals surface area contributed by atoms with Crippen LogP contribution in [0.2, 0.25) is 0 Å². The monoisotopic (exact) mass is 177 g/mol. The van der Waals surface area contributed by atoms with Gasteiger partial charge in [-0.1, -0.05) is 12.2 Å². The molecule has 0 spiro atoms. The van der Waals surface area contributed by atoms with Gasteiger partial charge in [-0.25, -0.2) is 0 Å². The summed E-state index contributed by atoms with van der Waals surface area (Å²) in [4.78, 5) is 0. The van der Waals surface area contributed by atoms with Crippen molar-refractivity contribution in [1.82, 2.24) is 5.32 Å². The average Bonchev–Trinajstić information content (AvgIpc) is 2.51. The topological polar surface area (TPSA) is 12.0 Å². The second kappa shape index (κ2) is 2.60. The van der Waals surface area contributed by atoms with Gasteiger partial charge in [0.05, 0.1) is 0 Å². The van der Waals surface area contributed by atoms with Crippen molar-refractivity contribution in [3.63, 3.8) is 0 Å². The lowest BCUT2D eigenvalue weighted by Gasteiger charge is -2.09. The third-order valence-electron chi connectivity index (χ3n) is 4.37. The van der Waals surface area contributed by atoms with Gasteiger partial charge in [-0.2, -0.15) is 0 Å². The number of rotatable bonds is 3. The van der Waals surface area contributed by atoms with Gasteiger partial charge in [0.2, 0.25) is 0 Å². The first-order valence-corrected chi connectivity index (χ1v) is 5.65. The quantitative estimate of drug-likeness (QED) is 0.652. The Morgan fingerprint density at radius 1 is 1.31 bits per heavy atom. The van der Waals surface area contributed by atoms with Crippen LogP contribution in [0, 0.1) is 23.7 Å². The van der Waals surface area contributed by atoms with Crippen LogP contribution in [0.1, 0.15) is 26.2 Å². The third-order valence-corrected chi connectivity index (χ3v) is 4.37. The Labute approximate surface area is 80.6 Å².